The van der Waals surface area contributed by atoms with Crippen LogP contribution in [-0.4, -0.2) is 19.3 Å². The Bertz CT molecular complexity index is 130. The van der Waals surface area contributed by atoms with Crippen LogP contribution in [0.3, 0.4) is 0 Å². The second-order valence-corrected chi connectivity index (χ2v) is 3.97. The summed E-state index contributed by atoms with van der Waals surface area (Å²) in [6, 6.07) is 0. The van der Waals surface area contributed by atoms with Crippen LogP contribution in [0.25, 0.3) is 0 Å². The van der Waals surface area contributed by atoms with E-state index in [9.17, 15) is 4.39 Å². The number of nitrogens with one attached hydrogen (secondary N) is 1. The third-order valence-corrected chi connectivity index (χ3v) is 3.09. The fourth-order valence-corrected chi connectivity index (χ4v) is 1.83. The molecular weight excluding hydrogens is 141 g/mol. The molecule has 2 fully saturated rings. The molecule has 2 aliphatic rings. The zero-order chi connectivity index (χ0) is 7.68. The van der Waals surface area contributed by atoms with Gasteiger partial charge >= 0.3 is 0 Å². The van der Waals surface area contributed by atoms with E-state index in [4.69, 9.17) is 0 Å². The third-order valence-electron chi connectivity index (χ3n) is 3.09. The molecule has 2 heteroatoms. The average Bonchev–Trinajstić information content (AvgIpc) is 1.74. The molecule has 1 heterocycles. The van der Waals surface area contributed by atoms with Gasteiger partial charge in [0, 0.05) is 0 Å². The van der Waals surface area contributed by atoms with Gasteiger partial charge in [0.05, 0.1) is 0 Å². The fourth-order valence-electron chi connectivity index (χ4n) is 1.83. The van der Waals surface area contributed by atoms with Crippen LogP contribution in [0.4, 0.5) is 4.39 Å². The van der Waals surface area contributed by atoms with Gasteiger partial charge in [-0.3, -0.25) is 0 Å². The van der Waals surface area contributed by atoms with Crippen molar-refractivity contribution >= 4 is 0 Å². The number of hydrogen-bond acceptors (Lipinski definition) is 1. The minimum atomic E-state index is -0.490. The van der Waals surface area contributed by atoms with Crippen molar-refractivity contribution in [3.63, 3.8) is 0 Å². The molecule has 0 aromatic carbocycles. The van der Waals surface area contributed by atoms with Crippen LogP contribution in [0.1, 0.15) is 25.7 Å². The monoisotopic (exact) mass is 157 g/mol. The summed E-state index contributed by atoms with van der Waals surface area (Å²) in [5, 5.41) is 3.17. The Hall–Kier alpha value is -0.110. The summed E-state index contributed by atoms with van der Waals surface area (Å²) in [4.78, 5) is 0. The van der Waals surface area contributed by atoms with Gasteiger partial charge in [0.1, 0.15) is 6.17 Å². The molecule has 0 aromatic rings. The summed E-state index contributed by atoms with van der Waals surface area (Å²) in [7, 11) is 0. The maximum Gasteiger partial charge on any atom is 0.103 e. The Morgan fingerprint density at radius 2 is 2.09 bits per heavy atom. The molecular formula is C9H16FN. The van der Waals surface area contributed by atoms with Crippen molar-refractivity contribution < 1.29 is 4.39 Å². The zero-order valence-corrected chi connectivity index (χ0v) is 6.85. The van der Waals surface area contributed by atoms with Crippen molar-refractivity contribution in [1.29, 1.82) is 0 Å². The molecule has 1 unspecified atom stereocenters. The molecule has 1 atom stereocenters. The van der Waals surface area contributed by atoms with Crippen molar-refractivity contribution in [3.8, 4) is 0 Å². The van der Waals surface area contributed by atoms with E-state index >= 15 is 0 Å². The lowest BCUT2D eigenvalue weighted by Crippen LogP contribution is -2.44. The van der Waals surface area contributed by atoms with Crippen LogP contribution >= 0.6 is 0 Å². The second kappa shape index (κ2) is 3.10. The van der Waals surface area contributed by atoms with Crippen molar-refractivity contribution in [2.24, 2.45) is 11.8 Å². The molecule has 0 amide bonds. The minimum Gasteiger partial charge on any atom is -0.316 e. The van der Waals surface area contributed by atoms with Gasteiger partial charge in [-0.15, -0.1) is 0 Å². The summed E-state index contributed by atoms with van der Waals surface area (Å²) in [6.45, 7) is 2.10. The lowest BCUT2D eigenvalue weighted by atomic mass is 9.78. The topological polar surface area (TPSA) is 12.0 Å². The highest BCUT2D eigenvalue weighted by Crippen LogP contribution is 2.34. The van der Waals surface area contributed by atoms with Gasteiger partial charge in [0.15, 0.2) is 0 Å². The molecule has 11 heavy (non-hydrogen) atoms. The van der Waals surface area contributed by atoms with E-state index in [2.05, 4.69) is 5.32 Å². The third kappa shape index (κ3) is 1.56. The first-order valence-electron chi connectivity index (χ1n) is 4.71. The minimum absolute atomic E-state index is 0.426. The van der Waals surface area contributed by atoms with Gasteiger partial charge in [-0.05, 0) is 44.2 Å². The van der Waals surface area contributed by atoms with Gasteiger partial charge in [-0.25, -0.2) is 4.39 Å². The predicted octanol–water partition coefficient (Wildman–Crippen LogP) is 1.73. The molecule has 1 aliphatic carbocycles. The molecule has 1 N–H and O–H groups in total. The fraction of sp³-hybridized carbons (Fsp3) is 1.00. The van der Waals surface area contributed by atoms with Gasteiger partial charge in [-0.2, -0.15) is 0 Å². The zero-order valence-electron chi connectivity index (χ0n) is 6.85. The Morgan fingerprint density at radius 3 is 2.45 bits per heavy atom. The lowest BCUT2D eigenvalue weighted by molar-refractivity contribution is 0.110. The Morgan fingerprint density at radius 1 is 1.36 bits per heavy atom. The Labute approximate surface area is 67.4 Å². The smallest absolute Gasteiger partial charge is 0.103 e. The average molecular weight is 157 g/mol. The van der Waals surface area contributed by atoms with Crippen LogP contribution in [0.15, 0.2) is 0 Å². The molecule has 1 aliphatic heterocycles. The maximum absolute atomic E-state index is 13.3. The van der Waals surface area contributed by atoms with E-state index in [-0.39, 0.29) is 0 Å². The van der Waals surface area contributed by atoms with E-state index in [1.54, 1.807) is 0 Å². The van der Waals surface area contributed by atoms with Crippen LogP contribution in [-0.2, 0) is 0 Å². The highest BCUT2D eigenvalue weighted by atomic mass is 19.1. The normalized spacial score (nSPS) is 29.2. The van der Waals surface area contributed by atoms with Crippen molar-refractivity contribution in [2.45, 2.75) is 31.9 Å². The summed E-state index contributed by atoms with van der Waals surface area (Å²) in [6.07, 6.45) is 3.87. The van der Waals surface area contributed by atoms with E-state index in [1.165, 1.54) is 6.42 Å². The number of alkyl halides is 1. The van der Waals surface area contributed by atoms with Crippen molar-refractivity contribution in [2.75, 3.05) is 13.1 Å². The molecule has 0 radical (unpaired) electrons. The molecule has 0 aromatic heterocycles. The lowest BCUT2D eigenvalue weighted by Gasteiger charge is -2.34. The Balaban J connectivity index is 1.67. The highest BCUT2D eigenvalue weighted by Gasteiger charge is 2.30. The standard InChI is InChI=1S/C9H16FN/c10-9(8-2-1-3-8)4-7-5-11-6-7/h7-9,11H,1-6H2. The summed E-state index contributed by atoms with van der Waals surface area (Å²) in [5.74, 6) is 1.07. The van der Waals surface area contributed by atoms with E-state index in [0.717, 1.165) is 32.4 Å². The maximum atomic E-state index is 13.3. The van der Waals surface area contributed by atoms with Crippen LogP contribution in [0.5, 0.6) is 0 Å². The first-order chi connectivity index (χ1) is 5.36. The van der Waals surface area contributed by atoms with Crippen LogP contribution in [0, 0.1) is 11.8 Å². The molecule has 1 saturated carbocycles. The van der Waals surface area contributed by atoms with Gasteiger partial charge in [0.25, 0.3) is 0 Å². The van der Waals surface area contributed by atoms with E-state index in [1.807, 2.05) is 0 Å². The summed E-state index contributed by atoms with van der Waals surface area (Å²) < 4.78 is 13.3. The molecule has 0 bridgehead atoms. The predicted molar refractivity (Wildman–Crippen MR) is 43.2 cm³/mol. The van der Waals surface area contributed by atoms with Crippen LogP contribution < -0.4 is 5.32 Å². The first kappa shape index (κ1) is 7.53. The quantitative estimate of drug-likeness (QED) is 0.658. The summed E-state index contributed by atoms with van der Waals surface area (Å²) >= 11 is 0. The van der Waals surface area contributed by atoms with E-state index in [0.29, 0.717) is 11.8 Å². The first-order valence-corrected chi connectivity index (χ1v) is 4.71. The number of hydrogen-bond donors (Lipinski definition) is 1. The van der Waals surface area contributed by atoms with Gasteiger partial charge in [0.2, 0.25) is 0 Å². The number of rotatable bonds is 3. The largest absolute Gasteiger partial charge is 0.316 e. The summed E-state index contributed by atoms with van der Waals surface area (Å²) in [5.41, 5.74) is 0. The van der Waals surface area contributed by atoms with Crippen LogP contribution in [0.2, 0.25) is 0 Å². The van der Waals surface area contributed by atoms with E-state index < -0.39 is 6.17 Å². The van der Waals surface area contributed by atoms with Gasteiger partial charge in [-0.1, -0.05) is 6.42 Å². The molecule has 2 rings (SSSR count). The van der Waals surface area contributed by atoms with Crippen molar-refractivity contribution in [3.05, 3.63) is 0 Å². The molecule has 1 nitrogen and oxygen atoms in total. The highest BCUT2D eigenvalue weighted by molar-refractivity contribution is 4.83. The number of halogens is 1. The van der Waals surface area contributed by atoms with Gasteiger partial charge < -0.3 is 5.32 Å². The SMILES string of the molecule is FC(CC1CNC1)C1CCC1. The Kier molecular flexibility index (Phi) is 2.12. The molecule has 64 valence electrons. The molecule has 1 saturated heterocycles. The molecule has 0 spiro atoms. The second-order valence-electron chi connectivity index (χ2n) is 3.97. The van der Waals surface area contributed by atoms with Crippen molar-refractivity contribution in [1.82, 2.24) is 5.32 Å².